The lowest BCUT2D eigenvalue weighted by atomic mass is 9.95. The molecule has 1 aromatic rings. The van der Waals surface area contributed by atoms with Crippen molar-refractivity contribution in [3.05, 3.63) is 34.9 Å². The van der Waals surface area contributed by atoms with Gasteiger partial charge in [-0.2, -0.15) is 0 Å². The van der Waals surface area contributed by atoms with Crippen molar-refractivity contribution < 1.29 is 19.1 Å². The Balaban J connectivity index is 2.43. The summed E-state index contributed by atoms with van der Waals surface area (Å²) in [5.74, 6) is -0.192. The van der Waals surface area contributed by atoms with Gasteiger partial charge < -0.3 is 20.3 Å². The van der Waals surface area contributed by atoms with Gasteiger partial charge in [-0.25, -0.2) is 4.79 Å². The molecule has 7 nitrogen and oxygen atoms in total. The molecule has 5 atom stereocenters. The first-order valence-corrected chi connectivity index (χ1v) is 12.4. The van der Waals surface area contributed by atoms with E-state index < -0.39 is 23.8 Å². The third-order valence-electron chi connectivity index (χ3n) is 6.15. The maximum atomic E-state index is 13.8. The van der Waals surface area contributed by atoms with E-state index in [4.69, 9.17) is 4.74 Å². The van der Waals surface area contributed by atoms with E-state index in [-0.39, 0.29) is 29.8 Å². The van der Waals surface area contributed by atoms with Crippen molar-refractivity contribution >= 4 is 17.9 Å². The molecule has 0 bridgehead atoms. The van der Waals surface area contributed by atoms with Gasteiger partial charge in [0.25, 0.3) is 0 Å². The largest absolute Gasteiger partial charge is 0.444 e. The third-order valence-corrected chi connectivity index (χ3v) is 6.15. The Labute approximate surface area is 205 Å². The molecule has 1 aliphatic rings. The van der Waals surface area contributed by atoms with Crippen LogP contribution in [0.1, 0.15) is 90.5 Å². The van der Waals surface area contributed by atoms with E-state index in [2.05, 4.69) is 24.5 Å². The van der Waals surface area contributed by atoms with Crippen LogP contribution >= 0.6 is 0 Å². The van der Waals surface area contributed by atoms with E-state index in [1.54, 1.807) is 32.6 Å². The summed E-state index contributed by atoms with van der Waals surface area (Å²) in [6, 6.07) is 4.31. The molecule has 1 saturated carbocycles. The van der Waals surface area contributed by atoms with Gasteiger partial charge in [0.05, 0.1) is 0 Å². The normalized spacial score (nSPS) is 20.0. The highest BCUT2D eigenvalue weighted by Gasteiger charge is 2.48. The quantitative estimate of drug-likeness (QED) is 0.539. The molecule has 2 N–H and O–H groups in total. The molecule has 2 rings (SSSR count). The first-order chi connectivity index (χ1) is 15.7. The molecule has 0 aromatic heterocycles. The van der Waals surface area contributed by atoms with Gasteiger partial charge in [-0.15, -0.1) is 0 Å². The van der Waals surface area contributed by atoms with Gasteiger partial charge in [0.1, 0.15) is 17.7 Å². The summed E-state index contributed by atoms with van der Waals surface area (Å²) >= 11 is 0. The van der Waals surface area contributed by atoms with Gasteiger partial charge in [-0.05, 0) is 78.4 Å². The van der Waals surface area contributed by atoms with Gasteiger partial charge in [0.15, 0.2) is 0 Å². The van der Waals surface area contributed by atoms with Gasteiger partial charge >= 0.3 is 6.09 Å². The van der Waals surface area contributed by atoms with Crippen molar-refractivity contribution in [2.45, 2.75) is 111 Å². The van der Waals surface area contributed by atoms with Gasteiger partial charge in [0, 0.05) is 12.1 Å². The predicted molar refractivity (Wildman–Crippen MR) is 134 cm³/mol. The summed E-state index contributed by atoms with van der Waals surface area (Å²) in [6.07, 6.45) is 1.98. The number of aryl methyl sites for hydroxylation is 2. The van der Waals surface area contributed by atoms with Crippen molar-refractivity contribution in [3.63, 3.8) is 0 Å². The lowest BCUT2D eigenvalue weighted by molar-refractivity contribution is -0.143. The minimum absolute atomic E-state index is 0.00370. The van der Waals surface area contributed by atoms with Crippen molar-refractivity contribution in [1.82, 2.24) is 15.5 Å². The third kappa shape index (κ3) is 7.47. The molecular formula is C27H43N3O4. The molecule has 1 aliphatic carbocycles. The maximum Gasteiger partial charge on any atom is 0.408 e. The number of hydrogen-bond donors (Lipinski definition) is 2. The smallest absolute Gasteiger partial charge is 0.408 e. The fraction of sp³-hybridized carbons (Fsp3) is 0.667. The van der Waals surface area contributed by atoms with Crippen molar-refractivity contribution in [3.8, 4) is 0 Å². The number of rotatable bonds is 9. The summed E-state index contributed by atoms with van der Waals surface area (Å²) < 4.78 is 5.34. The molecule has 0 radical (unpaired) electrons. The van der Waals surface area contributed by atoms with Crippen LogP contribution in [0, 0.1) is 19.8 Å². The van der Waals surface area contributed by atoms with Crippen LogP contribution in [0.5, 0.6) is 0 Å². The van der Waals surface area contributed by atoms with E-state index in [1.165, 1.54) is 0 Å². The minimum atomic E-state index is -0.837. The fourth-order valence-electron chi connectivity index (χ4n) is 4.24. The number of nitrogens with one attached hydrogen (secondary N) is 2. The number of hydrogen-bond acceptors (Lipinski definition) is 4. The lowest BCUT2D eigenvalue weighted by Gasteiger charge is -2.35. The monoisotopic (exact) mass is 473 g/mol. The van der Waals surface area contributed by atoms with Gasteiger partial charge in [0.2, 0.25) is 11.8 Å². The lowest BCUT2D eigenvalue weighted by Crippen LogP contribution is -2.53. The highest BCUT2D eigenvalue weighted by molar-refractivity contribution is 5.92. The molecule has 7 heteroatoms. The standard InChI is InChI=1S/C27H43N3O4/c1-10-11-19(5)28-24(31)23(21-14-16(2)12-13-17(21)3)30(22-15-18(22)4)25(32)20(6)29-26(33)34-27(7,8)9/h12-14,18-20,22-23H,10-11,15H2,1-9H3,(H,28,31)(H,29,33). The Bertz CT molecular complexity index is 892. The Morgan fingerprint density at radius 2 is 1.76 bits per heavy atom. The first kappa shape index (κ1) is 27.7. The number of nitrogens with zero attached hydrogens (tertiary/aromatic N) is 1. The first-order valence-electron chi connectivity index (χ1n) is 12.4. The molecule has 0 spiro atoms. The van der Waals surface area contributed by atoms with E-state index in [1.807, 2.05) is 39.0 Å². The van der Waals surface area contributed by atoms with Crippen molar-refractivity contribution in [2.75, 3.05) is 0 Å². The van der Waals surface area contributed by atoms with E-state index in [0.29, 0.717) is 0 Å². The van der Waals surface area contributed by atoms with Gasteiger partial charge in [-0.3, -0.25) is 9.59 Å². The zero-order valence-electron chi connectivity index (χ0n) is 22.3. The summed E-state index contributed by atoms with van der Waals surface area (Å²) in [7, 11) is 0. The highest BCUT2D eigenvalue weighted by atomic mass is 16.6. The minimum Gasteiger partial charge on any atom is -0.444 e. The van der Waals surface area contributed by atoms with Crippen LogP contribution in [-0.2, 0) is 14.3 Å². The van der Waals surface area contributed by atoms with Crippen molar-refractivity contribution in [2.24, 2.45) is 5.92 Å². The van der Waals surface area contributed by atoms with Crippen LogP contribution < -0.4 is 10.6 Å². The molecule has 0 saturated heterocycles. The number of amides is 3. The van der Waals surface area contributed by atoms with Gasteiger partial charge in [-0.1, -0.05) is 44.0 Å². The Morgan fingerprint density at radius 1 is 1.15 bits per heavy atom. The second kappa shape index (κ2) is 11.2. The number of ether oxygens (including phenoxy) is 1. The molecule has 3 amide bonds. The number of carbonyl (C=O) groups excluding carboxylic acids is 3. The molecule has 1 fully saturated rings. The number of alkyl carbamates (subject to hydrolysis) is 1. The van der Waals surface area contributed by atoms with E-state index in [9.17, 15) is 14.4 Å². The summed E-state index contributed by atoms with van der Waals surface area (Å²) in [6.45, 7) is 17.1. The summed E-state index contributed by atoms with van der Waals surface area (Å²) in [5.41, 5.74) is 2.12. The molecular weight excluding hydrogens is 430 g/mol. The van der Waals surface area contributed by atoms with E-state index in [0.717, 1.165) is 36.0 Å². The fourth-order valence-corrected chi connectivity index (χ4v) is 4.24. The molecule has 190 valence electrons. The molecule has 34 heavy (non-hydrogen) atoms. The van der Waals surface area contributed by atoms with E-state index >= 15 is 0 Å². The zero-order valence-corrected chi connectivity index (χ0v) is 22.3. The van der Waals surface area contributed by atoms with Crippen LogP contribution in [0.25, 0.3) is 0 Å². The van der Waals surface area contributed by atoms with Crippen LogP contribution in [0.3, 0.4) is 0 Å². The molecule has 0 aliphatic heterocycles. The Kier molecular flexibility index (Phi) is 9.15. The second-order valence-corrected chi connectivity index (χ2v) is 10.9. The SMILES string of the molecule is CCCC(C)NC(=O)C(c1cc(C)ccc1C)N(C(=O)C(C)NC(=O)OC(C)(C)C)C1CC1C. The Hall–Kier alpha value is -2.57. The second-order valence-electron chi connectivity index (χ2n) is 10.9. The topological polar surface area (TPSA) is 87.7 Å². The zero-order chi connectivity index (χ0) is 25.8. The molecule has 0 heterocycles. The van der Waals surface area contributed by atoms with Crippen LogP contribution in [0.15, 0.2) is 18.2 Å². The number of carbonyl (C=O) groups is 3. The van der Waals surface area contributed by atoms with Crippen LogP contribution in [-0.4, -0.2) is 46.5 Å². The maximum absolute atomic E-state index is 13.8. The number of benzene rings is 1. The average Bonchev–Trinajstić information content (AvgIpc) is 3.41. The molecule has 5 unspecified atom stereocenters. The molecule has 1 aromatic carbocycles. The van der Waals surface area contributed by atoms with Crippen LogP contribution in [0.2, 0.25) is 0 Å². The predicted octanol–water partition coefficient (Wildman–Crippen LogP) is 4.80. The highest BCUT2D eigenvalue weighted by Crippen LogP contribution is 2.41. The summed E-state index contributed by atoms with van der Waals surface area (Å²) in [4.78, 5) is 41.5. The van der Waals surface area contributed by atoms with Crippen molar-refractivity contribution in [1.29, 1.82) is 0 Å². The van der Waals surface area contributed by atoms with Crippen LogP contribution in [0.4, 0.5) is 4.79 Å². The Morgan fingerprint density at radius 3 is 2.29 bits per heavy atom. The average molecular weight is 474 g/mol. The summed E-state index contributed by atoms with van der Waals surface area (Å²) in [5, 5.41) is 5.79.